The van der Waals surface area contributed by atoms with Crippen LogP contribution in [0.15, 0.2) is 79.0 Å². The number of amides is 3. The maximum Gasteiger partial charge on any atom is 0.337 e. The first kappa shape index (κ1) is 23.4. The molecule has 10 heteroatoms. The van der Waals surface area contributed by atoms with Crippen LogP contribution >= 0.6 is 0 Å². The highest BCUT2D eigenvalue weighted by Gasteiger charge is 2.24. The van der Waals surface area contributed by atoms with E-state index in [0.29, 0.717) is 45.3 Å². The summed E-state index contributed by atoms with van der Waals surface area (Å²) >= 11 is 0. The number of fused-ring (bicyclic) bond motifs is 1. The third-order valence-corrected chi connectivity index (χ3v) is 5.55. The number of hydrogen-bond acceptors (Lipinski definition) is 4. The SMILES string of the molecule is O=C(Nc1cccc(F)c1)Nc1cccc(Nc2ccc3c(c2)NC(=O)/C3=C\c2cc(C(=O)O)c[nH]2)c1. The van der Waals surface area contributed by atoms with E-state index in [9.17, 15) is 18.8 Å². The van der Waals surface area contributed by atoms with Crippen molar-refractivity contribution < 1.29 is 23.9 Å². The molecule has 0 spiro atoms. The zero-order valence-corrected chi connectivity index (χ0v) is 19.1. The summed E-state index contributed by atoms with van der Waals surface area (Å²) in [6, 6.07) is 18.9. The molecule has 3 amide bonds. The van der Waals surface area contributed by atoms with E-state index in [0.717, 1.165) is 0 Å². The Morgan fingerprint density at radius 3 is 2.30 bits per heavy atom. The Morgan fingerprint density at radius 1 is 0.865 bits per heavy atom. The van der Waals surface area contributed by atoms with Gasteiger partial charge in [0, 0.05) is 40.2 Å². The average Bonchev–Trinajstić information content (AvgIpc) is 3.44. The first-order chi connectivity index (χ1) is 17.8. The molecule has 37 heavy (non-hydrogen) atoms. The van der Waals surface area contributed by atoms with E-state index in [2.05, 4.69) is 26.3 Å². The molecule has 0 radical (unpaired) electrons. The van der Waals surface area contributed by atoms with Crippen LogP contribution in [0.2, 0.25) is 0 Å². The smallest absolute Gasteiger partial charge is 0.337 e. The maximum atomic E-state index is 13.3. The van der Waals surface area contributed by atoms with E-state index in [1.165, 1.54) is 30.5 Å². The topological polar surface area (TPSA) is 135 Å². The number of halogens is 1. The summed E-state index contributed by atoms with van der Waals surface area (Å²) < 4.78 is 13.3. The molecule has 0 saturated heterocycles. The quantitative estimate of drug-likeness (QED) is 0.189. The lowest BCUT2D eigenvalue weighted by Crippen LogP contribution is -2.19. The van der Waals surface area contributed by atoms with Gasteiger partial charge in [-0.05, 0) is 60.7 Å². The molecule has 0 fully saturated rings. The van der Waals surface area contributed by atoms with Crippen molar-refractivity contribution in [2.45, 2.75) is 0 Å². The second-order valence-corrected chi connectivity index (χ2v) is 8.22. The van der Waals surface area contributed by atoms with Crippen molar-refractivity contribution in [2.24, 2.45) is 0 Å². The molecule has 5 rings (SSSR count). The third kappa shape index (κ3) is 5.33. The van der Waals surface area contributed by atoms with E-state index in [4.69, 9.17) is 5.11 Å². The molecule has 0 saturated carbocycles. The molecule has 0 aliphatic carbocycles. The lowest BCUT2D eigenvalue weighted by Gasteiger charge is -2.11. The van der Waals surface area contributed by atoms with Gasteiger partial charge in [-0.25, -0.2) is 14.0 Å². The highest BCUT2D eigenvalue weighted by molar-refractivity contribution is 6.35. The Kier molecular flexibility index (Phi) is 6.13. The molecule has 3 aromatic carbocycles. The molecule has 4 aromatic rings. The predicted molar refractivity (Wildman–Crippen MR) is 139 cm³/mol. The zero-order valence-electron chi connectivity index (χ0n) is 19.1. The van der Waals surface area contributed by atoms with Gasteiger partial charge in [-0.2, -0.15) is 0 Å². The number of benzene rings is 3. The first-order valence-corrected chi connectivity index (χ1v) is 11.1. The van der Waals surface area contributed by atoms with Crippen molar-refractivity contribution in [1.29, 1.82) is 0 Å². The van der Waals surface area contributed by atoms with Gasteiger partial charge in [0.2, 0.25) is 0 Å². The van der Waals surface area contributed by atoms with Crippen LogP contribution in [-0.4, -0.2) is 28.0 Å². The van der Waals surface area contributed by atoms with Crippen molar-refractivity contribution in [2.75, 3.05) is 21.3 Å². The summed E-state index contributed by atoms with van der Waals surface area (Å²) in [6.45, 7) is 0. The van der Waals surface area contributed by atoms with Crippen molar-refractivity contribution in [3.63, 3.8) is 0 Å². The minimum absolute atomic E-state index is 0.105. The largest absolute Gasteiger partial charge is 0.478 e. The number of carbonyl (C=O) groups is 3. The molecule has 0 bridgehead atoms. The number of aromatic nitrogens is 1. The lowest BCUT2D eigenvalue weighted by molar-refractivity contribution is -0.110. The minimum atomic E-state index is -1.06. The van der Waals surface area contributed by atoms with Gasteiger partial charge in [0.1, 0.15) is 5.82 Å². The number of H-pyrrole nitrogens is 1. The number of hydrogen-bond donors (Lipinski definition) is 6. The summed E-state index contributed by atoms with van der Waals surface area (Å²) in [5.41, 5.74) is 4.56. The van der Waals surface area contributed by atoms with Crippen LogP contribution < -0.4 is 21.3 Å². The Bertz CT molecular complexity index is 1580. The number of aromatic carboxylic acids is 1. The predicted octanol–water partition coefficient (Wildman–Crippen LogP) is 5.73. The van der Waals surface area contributed by atoms with Gasteiger partial charge in [-0.15, -0.1) is 0 Å². The number of carboxylic acid groups (broad SMARTS) is 1. The number of carbonyl (C=O) groups excluding carboxylic acids is 2. The standard InChI is InChI=1S/C27H20FN5O4/c28-16-3-1-4-17(10-16)31-27(37)32-19-6-2-5-18(11-19)30-20-7-8-22-23(25(34)33-24(22)13-20)12-21-9-15(14-29-21)26(35)36/h1-14,29-30H,(H,33,34)(H,35,36)(H2,31,32,37)/b23-12-. The van der Waals surface area contributed by atoms with Crippen LogP contribution in [0.3, 0.4) is 0 Å². The molecule has 1 aromatic heterocycles. The highest BCUT2D eigenvalue weighted by Crippen LogP contribution is 2.36. The normalized spacial score (nSPS) is 13.1. The summed E-state index contributed by atoms with van der Waals surface area (Å²) in [6.07, 6.45) is 2.97. The first-order valence-electron chi connectivity index (χ1n) is 11.1. The second-order valence-electron chi connectivity index (χ2n) is 8.22. The highest BCUT2D eigenvalue weighted by atomic mass is 19.1. The van der Waals surface area contributed by atoms with Gasteiger partial charge in [0.05, 0.1) is 16.8 Å². The van der Waals surface area contributed by atoms with Crippen LogP contribution in [-0.2, 0) is 4.79 Å². The third-order valence-electron chi connectivity index (χ3n) is 5.55. The van der Waals surface area contributed by atoms with Gasteiger partial charge in [-0.3, -0.25) is 4.79 Å². The van der Waals surface area contributed by atoms with Gasteiger partial charge in [-0.1, -0.05) is 18.2 Å². The van der Waals surface area contributed by atoms with Crippen LogP contribution in [0, 0.1) is 5.82 Å². The molecule has 9 nitrogen and oxygen atoms in total. The van der Waals surface area contributed by atoms with Gasteiger partial charge < -0.3 is 31.4 Å². The minimum Gasteiger partial charge on any atom is -0.478 e. The summed E-state index contributed by atoms with van der Waals surface area (Å²) in [4.78, 5) is 38.8. The number of nitrogens with one attached hydrogen (secondary N) is 5. The Balaban J connectivity index is 1.28. The Morgan fingerprint density at radius 2 is 1.57 bits per heavy atom. The number of urea groups is 1. The summed E-state index contributed by atoms with van der Waals surface area (Å²) in [5.74, 6) is -1.80. The molecular weight excluding hydrogens is 477 g/mol. The van der Waals surface area contributed by atoms with Crippen molar-refractivity contribution >= 4 is 58.0 Å². The summed E-state index contributed by atoms with van der Waals surface area (Å²) in [5, 5.41) is 20.4. The van der Waals surface area contributed by atoms with Crippen molar-refractivity contribution in [1.82, 2.24) is 4.98 Å². The summed E-state index contributed by atoms with van der Waals surface area (Å²) in [7, 11) is 0. The van der Waals surface area contributed by atoms with Crippen LogP contribution in [0.1, 0.15) is 21.6 Å². The fourth-order valence-electron chi connectivity index (χ4n) is 3.89. The number of aromatic amines is 1. The maximum absolute atomic E-state index is 13.3. The van der Waals surface area contributed by atoms with E-state index in [1.54, 1.807) is 48.5 Å². The van der Waals surface area contributed by atoms with Crippen LogP contribution in [0.25, 0.3) is 11.6 Å². The van der Waals surface area contributed by atoms with E-state index >= 15 is 0 Å². The Labute approximate surface area is 210 Å². The number of carboxylic acids is 1. The van der Waals surface area contributed by atoms with E-state index < -0.39 is 17.8 Å². The van der Waals surface area contributed by atoms with Gasteiger partial charge in [0.25, 0.3) is 5.91 Å². The Hall–Kier alpha value is -5.38. The average molecular weight is 497 g/mol. The van der Waals surface area contributed by atoms with Gasteiger partial charge >= 0.3 is 12.0 Å². The van der Waals surface area contributed by atoms with E-state index in [-0.39, 0.29) is 11.5 Å². The molecule has 0 unspecified atom stereocenters. The molecule has 1 aliphatic heterocycles. The fraction of sp³-hybridized carbons (Fsp3) is 0. The lowest BCUT2D eigenvalue weighted by atomic mass is 10.1. The second kappa shape index (κ2) is 9.70. The van der Waals surface area contributed by atoms with Crippen molar-refractivity contribution in [3.05, 3.63) is 102 Å². The molecule has 6 N–H and O–H groups in total. The van der Waals surface area contributed by atoms with Crippen LogP contribution in [0.4, 0.5) is 37.6 Å². The molecule has 2 heterocycles. The van der Waals surface area contributed by atoms with Crippen molar-refractivity contribution in [3.8, 4) is 0 Å². The monoisotopic (exact) mass is 497 g/mol. The number of anilines is 5. The molecular formula is C27H20FN5O4. The number of rotatable bonds is 6. The molecule has 184 valence electrons. The van der Waals surface area contributed by atoms with Crippen LogP contribution in [0.5, 0.6) is 0 Å². The molecule has 0 atom stereocenters. The molecule has 1 aliphatic rings. The van der Waals surface area contributed by atoms with E-state index in [1.807, 2.05) is 6.07 Å². The van der Waals surface area contributed by atoms with Gasteiger partial charge in [0.15, 0.2) is 0 Å². The fourth-order valence-corrected chi connectivity index (χ4v) is 3.89. The zero-order chi connectivity index (χ0) is 25.9.